The van der Waals surface area contributed by atoms with E-state index in [0.717, 1.165) is 37.1 Å². The summed E-state index contributed by atoms with van der Waals surface area (Å²) in [5.41, 5.74) is 0.210. The van der Waals surface area contributed by atoms with Gasteiger partial charge in [-0.05, 0) is 25.5 Å². The number of amides is 1. The minimum atomic E-state index is -0.624. The van der Waals surface area contributed by atoms with Crippen LogP contribution in [0.15, 0.2) is 23.5 Å². The van der Waals surface area contributed by atoms with E-state index >= 15 is 0 Å². The topological polar surface area (TPSA) is 138 Å². The second-order valence-electron chi connectivity index (χ2n) is 7.92. The van der Waals surface area contributed by atoms with Crippen molar-refractivity contribution in [2.24, 2.45) is 0 Å². The van der Waals surface area contributed by atoms with E-state index in [1.165, 1.54) is 44.5 Å². The summed E-state index contributed by atoms with van der Waals surface area (Å²) in [5.74, 6) is 0.693. The van der Waals surface area contributed by atoms with Crippen molar-refractivity contribution in [2.75, 3.05) is 45.0 Å². The maximum Gasteiger partial charge on any atom is 0.286 e. The predicted molar refractivity (Wildman–Crippen MR) is 132 cm³/mol. The first-order valence-electron chi connectivity index (χ1n) is 11.2. The number of aromatic nitrogens is 4. The molecule has 0 radical (unpaired) electrons. The standard InChI is InChI=1S/C22H27N7O5S/c1-33-17-11-14(16(29(31)32)12-18(17)34-2)21(30)23-7-10-28-20-15(13-24-28)19(25-22(26-20)35-3)27-8-5-4-6-9-27/h11-13H,4-10H2,1-3H3,(H,23,30). The molecule has 1 fully saturated rings. The van der Waals surface area contributed by atoms with Crippen LogP contribution in [-0.2, 0) is 6.54 Å². The normalized spacial score (nSPS) is 13.6. The van der Waals surface area contributed by atoms with E-state index in [2.05, 4.69) is 20.3 Å². The lowest BCUT2D eigenvalue weighted by Gasteiger charge is -2.28. The maximum absolute atomic E-state index is 12.8. The Balaban J connectivity index is 1.54. The van der Waals surface area contributed by atoms with Gasteiger partial charge in [0.25, 0.3) is 11.6 Å². The third-order valence-electron chi connectivity index (χ3n) is 5.85. The van der Waals surface area contributed by atoms with Crippen molar-refractivity contribution in [1.82, 2.24) is 25.1 Å². The van der Waals surface area contributed by atoms with E-state index in [-0.39, 0.29) is 29.3 Å². The average Bonchev–Trinajstić information content (AvgIpc) is 3.30. The molecule has 2 aromatic heterocycles. The number of ether oxygens (including phenoxy) is 2. The summed E-state index contributed by atoms with van der Waals surface area (Å²) >= 11 is 1.46. The minimum Gasteiger partial charge on any atom is -0.493 e. The molecule has 0 atom stereocenters. The first kappa shape index (κ1) is 24.5. The second-order valence-corrected chi connectivity index (χ2v) is 8.70. The van der Waals surface area contributed by atoms with Gasteiger partial charge >= 0.3 is 0 Å². The van der Waals surface area contributed by atoms with E-state index in [9.17, 15) is 14.9 Å². The fourth-order valence-corrected chi connectivity index (χ4v) is 4.45. The molecule has 35 heavy (non-hydrogen) atoms. The van der Waals surface area contributed by atoms with E-state index < -0.39 is 10.8 Å². The summed E-state index contributed by atoms with van der Waals surface area (Å²) in [5, 5.41) is 20.2. The van der Waals surface area contributed by atoms with Gasteiger partial charge in [0, 0.05) is 25.7 Å². The fraction of sp³-hybridized carbons (Fsp3) is 0.455. The highest BCUT2D eigenvalue weighted by Crippen LogP contribution is 2.34. The average molecular weight is 502 g/mol. The van der Waals surface area contributed by atoms with Crippen LogP contribution in [0.5, 0.6) is 11.5 Å². The summed E-state index contributed by atoms with van der Waals surface area (Å²) in [4.78, 5) is 35.4. The number of nitro groups is 1. The zero-order valence-corrected chi connectivity index (χ0v) is 20.6. The number of thioether (sulfide) groups is 1. The molecule has 3 aromatic rings. The molecule has 1 amide bonds. The van der Waals surface area contributed by atoms with Crippen LogP contribution in [0.3, 0.4) is 0 Å². The molecule has 1 saturated heterocycles. The van der Waals surface area contributed by atoms with Gasteiger partial charge in [-0.1, -0.05) is 11.8 Å². The number of carbonyl (C=O) groups excluding carboxylic acids is 1. The van der Waals surface area contributed by atoms with Crippen molar-refractivity contribution in [3.8, 4) is 11.5 Å². The number of hydrogen-bond donors (Lipinski definition) is 1. The zero-order chi connectivity index (χ0) is 24.9. The van der Waals surface area contributed by atoms with Crippen molar-refractivity contribution in [3.05, 3.63) is 34.0 Å². The second kappa shape index (κ2) is 10.8. The molecule has 0 bridgehead atoms. The molecule has 0 unspecified atom stereocenters. The molecule has 3 heterocycles. The molecule has 186 valence electrons. The molecule has 1 aliphatic rings. The van der Waals surface area contributed by atoms with Crippen molar-refractivity contribution in [3.63, 3.8) is 0 Å². The fourth-order valence-electron chi connectivity index (χ4n) is 4.09. The van der Waals surface area contributed by atoms with Gasteiger partial charge in [-0.2, -0.15) is 5.10 Å². The number of rotatable bonds is 9. The van der Waals surface area contributed by atoms with Crippen LogP contribution in [0.25, 0.3) is 11.0 Å². The van der Waals surface area contributed by atoms with Crippen LogP contribution in [0.1, 0.15) is 29.6 Å². The highest BCUT2D eigenvalue weighted by Gasteiger charge is 2.25. The van der Waals surface area contributed by atoms with E-state index in [0.29, 0.717) is 17.3 Å². The van der Waals surface area contributed by atoms with E-state index in [1.807, 2.05) is 6.26 Å². The Hall–Kier alpha value is -3.61. The Morgan fingerprint density at radius 1 is 1.17 bits per heavy atom. The summed E-state index contributed by atoms with van der Waals surface area (Å²) < 4.78 is 12.0. The van der Waals surface area contributed by atoms with Gasteiger partial charge in [0.2, 0.25) is 0 Å². The first-order chi connectivity index (χ1) is 17.0. The molecule has 0 saturated carbocycles. The van der Waals surface area contributed by atoms with Gasteiger partial charge in [0.1, 0.15) is 11.4 Å². The molecule has 1 aliphatic heterocycles. The van der Waals surface area contributed by atoms with Crippen LogP contribution in [-0.4, -0.2) is 70.7 Å². The Kier molecular flexibility index (Phi) is 7.54. The van der Waals surface area contributed by atoms with Crippen molar-refractivity contribution >= 4 is 40.2 Å². The van der Waals surface area contributed by atoms with Crippen molar-refractivity contribution in [2.45, 2.75) is 31.0 Å². The van der Waals surface area contributed by atoms with Gasteiger partial charge in [-0.25, -0.2) is 14.6 Å². The van der Waals surface area contributed by atoms with Gasteiger partial charge in [-0.15, -0.1) is 0 Å². The van der Waals surface area contributed by atoms with Crippen LogP contribution < -0.4 is 19.7 Å². The molecule has 0 spiro atoms. The number of nitrogens with zero attached hydrogens (tertiary/aromatic N) is 6. The molecule has 12 nitrogen and oxygen atoms in total. The zero-order valence-electron chi connectivity index (χ0n) is 19.8. The number of piperidine rings is 1. The summed E-state index contributed by atoms with van der Waals surface area (Å²) in [6, 6.07) is 2.48. The number of fused-ring (bicyclic) bond motifs is 1. The smallest absolute Gasteiger partial charge is 0.286 e. The van der Waals surface area contributed by atoms with E-state index in [4.69, 9.17) is 14.5 Å². The summed E-state index contributed by atoms with van der Waals surface area (Å²) in [6.07, 6.45) is 7.16. The van der Waals surface area contributed by atoms with E-state index in [1.54, 1.807) is 10.9 Å². The summed E-state index contributed by atoms with van der Waals surface area (Å²) in [7, 11) is 2.77. The van der Waals surface area contributed by atoms with Gasteiger partial charge in [0.05, 0.1) is 43.3 Å². The van der Waals surface area contributed by atoms with Crippen molar-refractivity contribution in [1.29, 1.82) is 0 Å². The number of methoxy groups -OCH3 is 2. The molecule has 0 aliphatic carbocycles. The Labute approximate surface area is 206 Å². The van der Waals surface area contributed by atoms with Crippen LogP contribution in [0, 0.1) is 10.1 Å². The quantitative estimate of drug-likeness (QED) is 0.202. The molecular formula is C22H27N7O5S. The molecular weight excluding hydrogens is 474 g/mol. The third kappa shape index (κ3) is 5.09. The van der Waals surface area contributed by atoms with Crippen LogP contribution in [0.4, 0.5) is 11.5 Å². The van der Waals surface area contributed by atoms with Crippen molar-refractivity contribution < 1.29 is 19.2 Å². The largest absolute Gasteiger partial charge is 0.493 e. The number of benzene rings is 1. The van der Waals surface area contributed by atoms with Gasteiger partial charge in [0.15, 0.2) is 22.3 Å². The number of nitro benzene ring substituents is 1. The molecule has 13 heteroatoms. The number of anilines is 1. The van der Waals surface area contributed by atoms with Gasteiger partial charge in [-0.3, -0.25) is 14.9 Å². The number of hydrogen-bond acceptors (Lipinski definition) is 10. The third-order valence-corrected chi connectivity index (χ3v) is 6.39. The maximum atomic E-state index is 12.8. The molecule has 1 N–H and O–H groups in total. The lowest BCUT2D eigenvalue weighted by molar-refractivity contribution is -0.385. The van der Waals surface area contributed by atoms with Crippen LogP contribution >= 0.6 is 11.8 Å². The minimum absolute atomic E-state index is 0.114. The highest BCUT2D eigenvalue weighted by atomic mass is 32.2. The Bertz CT molecular complexity index is 1240. The number of carbonyl (C=O) groups is 1. The number of nitrogens with one attached hydrogen (secondary N) is 1. The monoisotopic (exact) mass is 501 g/mol. The molecule has 1 aromatic carbocycles. The first-order valence-corrected chi connectivity index (χ1v) is 12.4. The lowest BCUT2D eigenvalue weighted by Crippen LogP contribution is -2.30. The Morgan fingerprint density at radius 2 is 1.89 bits per heavy atom. The Morgan fingerprint density at radius 3 is 2.54 bits per heavy atom. The SMILES string of the molecule is COc1cc(C(=O)NCCn2ncc3c(N4CCCCC4)nc(SC)nc32)c([N+](=O)[O-])cc1OC. The summed E-state index contributed by atoms with van der Waals surface area (Å²) in [6.45, 7) is 2.43. The van der Waals surface area contributed by atoms with Gasteiger partial charge < -0.3 is 19.7 Å². The van der Waals surface area contributed by atoms with Crippen LogP contribution in [0.2, 0.25) is 0 Å². The highest BCUT2D eigenvalue weighted by molar-refractivity contribution is 7.98. The molecule has 4 rings (SSSR count). The lowest BCUT2D eigenvalue weighted by atomic mass is 10.1. The predicted octanol–water partition coefficient (Wildman–Crippen LogP) is 2.89.